The SMILES string of the molecule is COc1ccc(Cl)cc1NC(=O)c1cnc2c(cnn2C(C)C)c1. The predicted octanol–water partition coefficient (Wildman–Crippen LogP) is 3.93. The molecular formula is C17H17ClN4O2. The molecule has 0 bridgehead atoms. The molecule has 124 valence electrons. The van der Waals surface area contributed by atoms with Crippen LogP contribution in [-0.2, 0) is 0 Å². The minimum atomic E-state index is -0.290. The number of fused-ring (bicyclic) bond motifs is 1. The summed E-state index contributed by atoms with van der Waals surface area (Å²) in [5.74, 6) is 0.247. The molecule has 0 unspecified atom stereocenters. The van der Waals surface area contributed by atoms with Gasteiger partial charge in [-0.15, -0.1) is 0 Å². The van der Waals surface area contributed by atoms with E-state index in [-0.39, 0.29) is 11.9 Å². The summed E-state index contributed by atoms with van der Waals surface area (Å²) < 4.78 is 7.05. The van der Waals surface area contributed by atoms with Gasteiger partial charge in [-0.1, -0.05) is 11.6 Å². The molecule has 0 radical (unpaired) electrons. The highest BCUT2D eigenvalue weighted by Crippen LogP contribution is 2.28. The minimum absolute atomic E-state index is 0.199. The lowest BCUT2D eigenvalue weighted by Gasteiger charge is -2.11. The lowest BCUT2D eigenvalue weighted by molar-refractivity contribution is 0.102. The number of carbonyl (C=O) groups excluding carboxylic acids is 1. The van der Waals surface area contributed by atoms with Crippen LogP contribution in [0.25, 0.3) is 11.0 Å². The molecule has 0 fully saturated rings. The summed E-state index contributed by atoms with van der Waals surface area (Å²) in [6, 6.07) is 7.00. The number of hydrogen-bond donors (Lipinski definition) is 1. The third-order valence-corrected chi connectivity index (χ3v) is 3.83. The second kappa shape index (κ2) is 6.49. The molecule has 0 aliphatic rings. The Morgan fingerprint density at radius 2 is 2.08 bits per heavy atom. The number of carbonyl (C=O) groups is 1. The van der Waals surface area contributed by atoms with Crippen molar-refractivity contribution in [3.8, 4) is 5.75 Å². The van der Waals surface area contributed by atoms with E-state index in [0.717, 1.165) is 11.0 Å². The molecule has 0 saturated carbocycles. The second-order valence-corrected chi connectivity index (χ2v) is 6.05. The highest BCUT2D eigenvalue weighted by molar-refractivity contribution is 6.31. The van der Waals surface area contributed by atoms with E-state index in [4.69, 9.17) is 16.3 Å². The first kappa shape index (κ1) is 16.3. The number of methoxy groups -OCH3 is 1. The lowest BCUT2D eigenvalue weighted by atomic mass is 10.2. The summed E-state index contributed by atoms with van der Waals surface area (Å²) in [4.78, 5) is 16.9. The van der Waals surface area contributed by atoms with Gasteiger partial charge in [-0.2, -0.15) is 5.10 Å². The van der Waals surface area contributed by atoms with Crippen LogP contribution in [-0.4, -0.2) is 27.8 Å². The Labute approximate surface area is 144 Å². The van der Waals surface area contributed by atoms with Crippen LogP contribution >= 0.6 is 11.6 Å². The normalized spacial score (nSPS) is 11.0. The molecule has 0 aliphatic carbocycles. The summed E-state index contributed by atoms with van der Waals surface area (Å²) in [6.45, 7) is 4.06. The van der Waals surface area contributed by atoms with Gasteiger partial charge in [0.2, 0.25) is 0 Å². The Morgan fingerprint density at radius 1 is 1.29 bits per heavy atom. The topological polar surface area (TPSA) is 69.0 Å². The number of anilines is 1. The smallest absolute Gasteiger partial charge is 0.257 e. The van der Waals surface area contributed by atoms with Gasteiger partial charge in [0.15, 0.2) is 5.65 Å². The number of nitrogens with zero attached hydrogens (tertiary/aromatic N) is 3. The monoisotopic (exact) mass is 344 g/mol. The highest BCUT2D eigenvalue weighted by atomic mass is 35.5. The first-order chi connectivity index (χ1) is 11.5. The summed E-state index contributed by atoms with van der Waals surface area (Å²) in [5.41, 5.74) is 1.70. The van der Waals surface area contributed by atoms with E-state index in [1.165, 1.54) is 13.3 Å². The maximum atomic E-state index is 12.5. The number of hydrogen-bond acceptors (Lipinski definition) is 4. The maximum Gasteiger partial charge on any atom is 0.257 e. The number of aromatic nitrogens is 3. The number of rotatable bonds is 4. The van der Waals surface area contributed by atoms with Crippen LogP contribution in [0.1, 0.15) is 30.2 Å². The number of pyridine rings is 1. The van der Waals surface area contributed by atoms with E-state index in [2.05, 4.69) is 15.4 Å². The van der Waals surface area contributed by atoms with Crippen molar-refractivity contribution >= 4 is 34.2 Å². The molecule has 24 heavy (non-hydrogen) atoms. The van der Waals surface area contributed by atoms with E-state index in [9.17, 15) is 4.79 Å². The molecular weight excluding hydrogens is 328 g/mol. The largest absolute Gasteiger partial charge is 0.495 e. The first-order valence-corrected chi connectivity index (χ1v) is 7.85. The van der Waals surface area contributed by atoms with Crippen LogP contribution in [0.5, 0.6) is 5.75 Å². The van der Waals surface area contributed by atoms with Gasteiger partial charge >= 0.3 is 0 Å². The molecule has 3 rings (SSSR count). The molecule has 2 aromatic heterocycles. The number of halogens is 1. The third-order valence-electron chi connectivity index (χ3n) is 3.59. The van der Waals surface area contributed by atoms with E-state index in [0.29, 0.717) is 22.0 Å². The van der Waals surface area contributed by atoms with Crippen molar-refractivity contribution < 1.29 is 9.53 Å². The fraction of sp³-hybridized carbons (Fsp3) is 0.235. The fourth-order valence-corrected chi connectivity index (χ4v) is 2.59. The average molecular weight is 345 g/mol. The molecule has 1 amide bonds. The van der Waals surface area contributed by atoms with Gasteiger partial charge in [0.25, 0.3) is 5.91 Å². The quantitative estimate of drug-likeness (QED) is 0.778. The summed E-state index contributed by atoms with van der Waals surface area (Å²) in [5, 5.41) is 8.43. The van der Waals surface area contributed by atoms with Crippen LogP contribution in [0.4, 0.5) is 5.69 Å². The zero-order valence-electron chi connectivity index (χ0n) is 13.6. The number of nitrogens with one attached hydrogen (secondary N) is 1. The van der Waals surface area contributed by atoms with Gasteiger partial charge in [0.1, 0.15) is 5.75 Å². The summed E-state index contributed by atoms with van der Waals surface area (Å²) in [7, 11) is 1.53. The molecule has 2 heterocycles. The molecule has 0 saturated heterocycles. The minimum Gasteiger partial charge on any atom is -0.495 e. The molecule has 1 aromatic carbocycles. The summed E-state index contributed by atoms with van der Waals surface area (Å²) in [6.07, 6.45) is 3.24. The molecule has 0 spiro atoms. The van der Waals surface area contributed by atoms with Crippen molar-refractivity contribution in [3.05, 3.63) is 47.2 Å². The highest BCUT2D eigenvalue weighted by Gasteiger charge is 2.14. The van der Waals surface area contributed by atoms with Crippen LogP contribution < -0.4 is 10.1 Å². The van der Waals surface area contributed by atoms with E-state index in [1.54, 1.807) is 30.5 Å². The zero-order chi connectivity index (χ0) is 17.3. The zero-order valence-corrected chi connectivity index (χ0v) is 14.3. The first-order valence-electron chi connectivity index (χ1n) is 7.47. The van der Waals surface area contributed by atoms with Gasteiger partial charge < -0.3 is 10.1 Å². The average Bonchev–Trinajstić information content (AvgIpc) is 2.98. The summed E-state index contributed by atoms with van der Waals surface area (Å²) >= 11 is 5.98. The predicted molar refractivity (Wildman–Crippen MR) is 93.9 cm³/mol. The van der Waals surface area contributed by atoms with Crippen molar-refractivity contribution in [2.24, 2.45) is 0 Å². The van der Waals surface area contributed by atoms with Crippen molar-refractivity contribution in [1.29, 1.82) is 0 Å². The third kappa shape index (κ3) is 3.05. The molecule has 6 nitrogen and oxygen atoms in total. The van der Waals surface area contributed by atoms with Gasteiger partial charge in [0.05, 0.1) is 24.6 Å². The Bertz CT molecular complexity index is 905. The van der Waals surface area contributed by atoms with Crippen LogP contribution in [0.3, 0.4) is 0 Å². The van der Waals surface area contributed by atoms with E-state index >= 15 is 0 Å². The number of ether oxygens (including phenoxy) is 1. The van der Waals surface area contributed by atoms with Crippen LogP contribution in [0, 0.1) is 0 Å². The van der Waals surface area contributed by atoms with Crippen molar-refractivity contribution in [2.75, 3.05) is 12.4 Å². The number of benzene rings is 1. The fourth-order valence-electron chi connectivity index (χ4n) is 2.41. The molecule has 0 aliphatic heterocycles. The van der Waals surface area contributed by atoms with Gasteiger partial charge in [-0.3, -0.25) is 4.79 Å². The van der Waals surface area contributed by atoms with Gasteiger partial charge in [0, 0.05) is 22.6 Å². The Balaban J connectivity index is 1.90. The number of amides is 1. The standard InChI is InChI=1S/C17H17ClN4O2/c1-10(2)22-16-11(9-20-22)6-12(8-19-16)17(23)21-14-7-13(18)4-5-15(14)24-3/h4-10H,1-3H3,(H,21,23). The van der Waals surface area contributed by atoms with Crippen molar-refractivity contribution in [2.45, 2.75) is 19.9 Å². The maximum absolute atomic E-state index is 12.5. The van der Waals surface area contributed by atoms with E-state index < -0.39 is 0 Å². The molecule has 7 heteroatoms. The van der Waals surface area contributed by atoms with Crippen LogP contribution in [0.2, 0.25) is 5.02 Å². The Hall–Kier alpha value is -2.60. The van der Waals surface area contributed by atoms with Crippen molar-refractivity contribution in [3.63, 3.8) is 0 Å². The molecule has 3 aromatic rings. The Morgan fingerprint density at radius 3 is 2.79 bits per heavy atom. The van der Waals surface area contributed by atoms with Gasteiger partial charge in [-0.05, 0) is 38.1 Å². The molecule has 0 atom stereocenters. The Kier molecular flexibility index (Phi) is 4.40. The van der Waals surface area contributed by atoms with Crippen LogP contribution in [0.15, 0.2) is 36.7 Å². The van der Waals surface area contributed by atoms with E-state index in [1.807, 2.05) is 18.5 Å². The van der Waals surface area contributed by atoms with Gasteiger partial charge in [-0.25, -0.2) is 9.67 Å². The molecule has 1 N–H and O–H groups in total. The second-order valence-electron chi connectivity index (χ2n) is 5.62. The van der Waals surface area contributed by atoms with Crippen molar-refractivity contribution in [1.82, 2.24) is 14.8 Å². The lowest BCUT2D eigenvalue weighted by Crippen LogP contribution is -2.13.